The predicted molar refractivity (Wildman–Crippen MR) is 70.2 cm³/mol. The molecule has 1 heterocycles. The Labute approximate surface area is 108 Å². The molecule has 0 spiro atoms. The minimum Gasteiger partial charge on any atom is -0.371 e. The van der Waals surface area contributed by atoms with E-state index in [0.29, 0.717) is 24.7 Å². The molecular formula is C13H22FN3O. The van der Waals surface area contributed by atoms with Crippen LogP contribution >= 0.6 is 0 Å². The molecule has 102 valence electrons. The van der Waals surface area contributed by atoms with Gasteiger partial charge in [0.1, 0.15) is 6.10 Å². The number of anilines is 1. The average Bonchev–Trinajstić information content (AvgIpc) is 2.34. The highest BCUT2D eigenvalue weighted by molar-refractivity contribution is 5.38. The molecule has 0 aliphatic heterocycles. The first-order valence-corrected chi connectivity index (χ1v) is 6.53. The van der Waals surface area contributed by atoms with Gasteiger partial charge in [-0.1, -0.05) is 13.3 Å². The highest BCUT2D eigenvalue weighted by Crippen LogP contribution is 2.23. The van der Waals surface area contributed by atoms with Gasteiger partial charge in [-0.25, -0.2) is 14.4 Å². The van der Waals surface area contributed by atoms with Gasteiger partial charge in [-0.2, -0.15) is 0 Å². The molecule has 0 aliphatic carbocycles. The molecule has 0 amide bonds. The number of nitrogens with zero attached hydrogens (tertiary/aromatic N) is 2. The Balaban J connectivity index is 3.06. The summed E-state index contributed by atoms with van der Waals surface area (Å²) in [5.74, 6) is 0.446. The maximum Gasteiger partial charge on any atom is 0.186 e. The molecule has 1 atom stereocenters. The summed E-state index contributed by atoms with van der Waals surface area (Å²) in [7, 11) is 0. The Kier molecular flexibility index (Phi) is 5.98. The van der Waals surface area contributed by atoms with Gasteiger partial charge in [0.15, 0.2) is 17.5 Å². The van der Waals surface area contributed by atoms with Crippen LogP contribution in [0.4, 0.5) is 10.2 Å². The second-order valence-corrected chi connectivity index (χ2v) is 4.09. The van der Waals surface area contributed by atoms with Gasteiger partial charge in [0.05, 0.1) is 5.69 Å². The van der Waals surface area contributed by atoms with Crippen LogP contribution in [0.5, 0.6) is 0 Å². The van der Waals surface area contributed by atoms with E-state index < -0.39 is 0 Å². The molecule has 0 saturated heterocycles. The lowest BCUT2D eigenvalue weighted by Crippen LogP contribution is -2.14. The van der Waals surface area contributed by atoms with E-state index >= 15 is 0 Å². The lowest BCUT2D eigenvalue weighted by Gasteiger charge is -2.17. The average molecular weight is 255 g/mol. The van der Waals surface area contributed by atoms with Gasteiger partial charge in [-0.15, -0.1) is 0 Å². The minimum atomic E-state index is -0.382. The molecule has 1 unspecified atom stereocenters. The van der Waals surface area contributed by atoms with Crippen LogP contribution in [-0.2, 0) is 4.74 Å². The molecule has 0 saturated carbocycles. The molecule has 5 heteroatoms. The summed E-state index contributed by atoms with van der Waals surface area (Å²) in [5.41, 5.74) is 0.358. The minimum absolute atomic E-state index is 0.156. The largest absolute Gasteiger partial charge is 0.371 e. The molecule has 4 nitrogen and oxygen atoms in total. The van der Waals surface area contributed by atoms with Crippen molar-refractivity contribution in [2.24, 2.45) is 0 Å². The summed E-state index contributed by atoms with van der Waals surface area (Å²) in [5, 5.41) is 2.91. The molecule has 0 bridgehead atoms. The lowest BCUT2D eigenvalue weighted by atomic mass is 10.2. The third-order valence-electron chi connectivity index (χ3n) is 2.59. The van der Waals surface area contributed by atoms with Gasteiger partial charge in [0.2, 0.25) is 0 Å². The van der Waals surface area contributed by atoms with E-state index in [1.165, 1.54) is 0 Å². The van der Waals surface area contributed by atoms with E-state index in [0.717, 1.165) is 12.8 Å². The number of rotatable bonds is 7. The lowest BCUT2D eigenvalue weighted by molar-refractivity contribution is 0.0492. The maximum atomic E-state index is 13.8. The summed E-state index contributed by atoms with van der Waals surface area (Å²) < 4.78 is 19.4. The molecular weight excluding hydrogens is 233 g/mol. The van der Waals surface area contributed by atoms with Crippen molar-refractivity contribution < 1.29 is 9.13 Å². The van der Waals surface area contributed by atoms with Crippen LogP contribution in [-0.4, -0.2) is 23.1 Å². The van der Waals surface area contributed by atoms with E-state index in [9.17, 15) is 4.39 Å². The van der Waals surface area contributed by atoms with Crippen LogP contribution < -0.4 is 5.32 Å². The van der Waals surface area contributed by atoms with Crippen molar-refractivity contribution in [3.63, 3.8) is 0 Å². The molecule has 18 heavy (non-hydrogen) atoms. The summed E-state index contributed by atoms with van der Waals surface area (Å²) in [6.45, 7) is 8.79. The fourth-order valence-corrected chi connectivity index (χ4v) is 1.76. The number of aryl methyl sites for hydroxylation is 1. The van der Waals surface area contributed by atoms with Crippen LogP contribution in [0.15, 0.2) is 0 Å². The van der Waals surface area contributed by atoms with Crippen molar-refractivity contribution in [2.45, 2.75) is 46.6 Å². The Morgan fingerprint density at radius 3 is 2.56 bits per heavy atom. The van der Waals surface area contributed by atoms with Crippen molar-refractivity contribution in [1.29, 1.82) is 0 Å². The smallest absolute Gasteiger partial charge is 0.186 e. The molecule has 1 rings (SSSR count). The maximum absolute atomic E-state index is 13.8. The van der Waals surface area contributed by atoms with Crippen LogP contribution in [0.1, 0.15) is 51.2 Å². The van der Waals surface area contributed by atoms with Gasteiger partial charge >= 0.3 is 0 Å². The van der Waals surface area contributed by atoms with Crippen molar-refractivity contribution in [1.82, 2.24) is 9.97 Å². The Morgan fingerprint density at radius 1 is 1.28 bits per heavy atom. The summed E-state index contributed by atoms with van der Waals surface area (Å²) in [6, 6.07) is 0. The normalized spacial score (nSPS) is 12.5. The van der Waals surface area contributed by atoms with Crippen molar-refractivity contribution >= 4 is 5.82 Å². The fourth-order valence-electron chi connectivity index (χ4n) is 1.76. The van der Waals surface area contributed by atoms with Crippen LogP contribution in [0.2, 0.25) is 0 Å². The quantitative estimate of drug-likeness (QED) is 0.812. The number of ether oxygens (including phenoxy) is 1. The molecule has 1 aromatic rings. The Bertz CT molecular complexity index is 379. The van der Waals surface area contributed by atoms with Gasteiger partial charge in [0, 0.05) is 13.2 Å². The van der Waals surface area contributed by atoms with E-state index in [4.69, 9.17) is 4.74 Å². The number of nitrogens with one attached hydrogen (secondary N) is 1. The van der Waals surface area contributed by atoms with Crippen molar-refractivity contribution in [3.05, 3.63) is 17.3 Å². The summed E-state index contributed by atoms with van der Waals surface area (Å²) in [4.78, 5) is 8.44. The van der Waals surface area contributed by atoms with Crippen LogP contribution in [0.25, 0.3) is 0 Å². The van der Waals surface area contributed by atoms with Crippen LogP contribution in [0.3, 0.4) is 0 Å². The molecule has 1 N–H and O–H groups in total. The van der Waals surface area contributed by atoms with Crippen LogP contribution in [0, 0.1) is 12.7 Å². The molecule has 0 fully saturated rings. The number of hydrogen-bond donors (Lipinski definition) is 1. The summed E-state index contributed by atoms with van der Waals surface area (Å²) in [6.07, 6.45) is 1.66. The highest BCUT2D eigenvalue weighted by atomic mass is 19.1. The Morgan fingerprint density at radius 2 is 2.00 bits per heavy atom. The second-order valence-electron chi connectivity index (χ2n) is 4.09. The zero-order chi connectivity index (χ0) is 13.5. The van der Waals surface area contributed by atoms with E-state index in [1.54, 1.807) is 6.92 Å². The number of aromatic nitrogens is 2. The molecule has 0 radical (unpaired) electrons. The Hall–Kier alpha value is -1.23. The van der Waals surface area contributed by atoms with Gasteiger partial charge < -0.3 is 10.1 Å². The third-order valence-corrected chi connectivity index (χ3v) is 2.59. The third kappa shape index (κ3) is 3.63. The van der Waals surface area contributed by atoms with E-state index in [2.05, 4.69) is 22.2 Å². The summed E-state index contributed by atoms with van der Waals surface area (Å²) >= 11 is 0. The first-order valence-electron chi connectivity index (χ1n) is 6.53. The first kappa shape index (κ1) is 14.8. The fraction of sp³-hybridized carbons (Fsp3) is 0.692. The topological polar surface area (TPSA) is 47.0 Å². The van der Waals surface area contributed by atoms with Gasteiger partial charge in [-0.05, 0) is 27.2 Å². The standard InChI is InChI=1S/C13H22FN3O/c1-5-8-10(18-7-3)12-16-9(4)11(14)13(17-12)15-6-2/h10H,5-8H2,1-4H3,(H,15,16,17). The van der Waals surface area contributed by atoms with E-state index in [-0.39, 0.29) is 17.7 Å². The van der Waals surface area contributed by atoms with Crippen molar-refractivity contribution in [3.8, 4) is 0 Å². The molecule has 1 aromatic heterocycles. The second kappa shape index (κ2) is 7.26. The first-order chi connectivity index (χ1) is 8.63. The SMILES string of the molecule is CCCC(OCC)c1nc(C)c(F)c(NCC)n1. The van der Waals surface area contributed by atoms with Gasteiger partial charge in [-0.3, -0.25) is 0 Å². The number of hydrogen-bond acceptors (Lipinski definition) is 4. The monoisotopic (exact) mass is 255 g/mol. The zero-order valence-electron chi connectivity index (χ0n) is 11.6. The highest BCUT2D eigenvalue weighted by Gasteiger charge is 2.18. The molecule has 0 aliphatic rings. The van der Waals surface area contributed by atoms with E-state index in [1.807, 2.05) is 13.8 Å². The predicted octanol–water partition coefficient (Wildman–Crippen LogP) is 3.23. The van der Waals surface area contributed by atoms with Gasteiger partial charge in [0.25, 0.3) is 0 Å². The van der Waals surface area contributed by atoms with Crippen molar-refractivity contribution in [2.75, 3.05) is 18.5 Å². The zero-order valence-corrected chi connectivity index (χ0v) is 11.6. The number of halogens is 1. The molecule has 0 aromatic carbocycles.